The number of benzene rings is 2. The minimum atomic E-state index is -3.78. The van der Waals surface area contributed by atoms with Crippen molar-refractivity contribution < 1.29 is 13.2 Å². The fraction of sp³-hybridized carbons (Fsp3) is 0.438. The minimum absolute atomic E-state index is 0.0124. The van der Waals surface area contributed by atoms with Crippen molar-refractivity contribution in [1.29, 1.82) is 0 Å². The summed E-state index contributed by atoms with van der Waals surface area (Å²) in [6.45, 7) is 4.71. The Kier molecular flexibility index (Phi) is 6.42. The molecule has 198 valence electrons. The number of hydrogen-bond acceptors (Lipinski definition) is 4. The lowest BCUT2D eigenvalue weighted by atomic mass is 9.77. The molecule has 0 N–H and O–H groups in total. The topological polar surface area (TPSA) is 67.3 Å². The maximum atomic E-state index is 14.7. The Labute approximate surface area is 226 Å². The zero-order valence-electron chi connectivity index (χ0n) is 22.3. The number of sulfone groups is 1. The fourth-order valence-electron chi connectivity index (χ4n) is 7.17. The summed E-state index contributed by atoms with van der Waals surface area (Å²) in [6, 6.07) is 17.0. The van der Waals surface area contributed by atoms with Gasteiger partial charge in [0.15, 0.2) is 9.84 Å². The third-order valence-corrected chi connectivity index (χ3v) is 11.9. The van der Waals surface area contributed by atoms with Crippen LogP contribution < -0.4 is 0 Å². The summed E-state index contributed by atoms with van der Waals surface area (Å²) >= 11 is 0. The van der Waals surface area contributed by atoms with E-state index >= 15 is 0 Å². The largest absolute Gasteiger partial charge is 0.337 e. The average molecular weight is 529 g/mol. The molecular weight excluding hydrogens is 492 g/mol. The van der Waals surface area contributed by atoms with Gasteiger partial charge in [-0.15, -0.1) is 0 Å². The van der Waals surface area contributed by atoms with Crippen LogP contribution >= 0.6 is 0 Å². The first-order valence-corrected chi connectivity index (χ1v) is 15.4. The highest BCUT2D eigenvalue weighted by atomic mass is 32.2. The summed E-state index contributed by atoms with van der Waals surface area (Å²) in [7, 11) is -3.78. The number of hydrogen-bond donors (Lipinski definition) is 0. The van der Waals surface area contributed by atoms with Crippen LogP contribution in [0.5, 0.6) is 0 Å². The number of likely N-dealkylation sites (tertiary alicyclic amines) is 1. The second kappa shape index (κ2) is 9.64. The van der Waals surface area contributed by atoms with Crippen LogP contribution in [0.1, 0.15) is 62.1 Å². The van der Waals surface area contributed by atoms with E-state index in [0.29, 0.717) is 30.2 Å². The van der Waals surface area contributed by atoms with E-state index in [1.54, 1.807) is 18.3 Å². The molecule has 2 unspecified atom stereocenters. The maximum Gasteiger partial charge on any atom is 0.225 e. The SMILES string of the molecule is Cc1ccc(S(=O)(=O)C23CCN(C(=O)C4CCC(C)CC4)C2CCc2cc(-c4cccnc4)ccc23)cc1. The quantitative estimate of drug-likeness (QED) is 0.410. The molecule has 3 aromatic rings. The van der Waals surface area contributed by atoms with E-state index in [-0.39, 0.29) is 17.9 Å². The van der Waals surface area contributed by atoms with Crippen molar-refractivity contribution >= 4 is 15.7 Å². The van der Waals surface area contributed by atoms with E-state index in [1.165, 1.54) is 0 Å². The molecule has 6 rings (SSSR count). The molecule has 2 aromatic carbocycles. The number of nitrogens with zero attached hydrogens (tertiary/aromatic N) is 2. The average Bonchev–Trinajstić information content (AvgIpc) is 3.35. The Morgan fingerprint density at radius 1 is 0.974 bits per heavy atom. The second-order valence-corrected chi connectivity index (χ2v) is 13.8. The van der Waals surface area contributed by atoms with Crippen LogP contribution in [0.3, 0.4) is 0 Å². The molecule has 3 aliphatic rings. The van der Waals surface area contributed by atoms with Crippen LogP contribution in [0.4, 0.5) is 0 Å². The van der Waals surface area contributed by atoms with E-state index in [0.717, 1.165) is 59.9 Å². The zero-order chi connectivity index (χ0) is 26.5. The van der Waals surface area contributed by atoms with Gasteiger partial charge in [-0.1, -0.05) is 48.9 Å². The Balaban J connectivity index is 1.46. The molecule has 2 fully saturated rings. The number of carbonyl (C=O) groups is 1. The van der Waals surface area contributed by atoms with Crippen LogP contribution in [-0.2, 0) is 25.8 Å². The van der Waals surface area contributed by atoms with Crippen molar-refractivity contribution in [2.45, 2.75) is 74.5 Å². The Hall–Kier alpha value is -2.99. The molecular formula is C32H36N2O3S. The molecule has 1 aromatic heterocycles. The summed E-state index contributed by atoms with van der Waals surface area (Å²) < 4.78 is 28.2. The van der Waals surface area contributed by atoms with Gasteiger partial charge in [-0.25, -0.2) is 8.42 Å². The van der Waals surface area contributed by atoms with Gasteiger partial charge in [0.05, 0.1) is 10.9 Å². The lowest BCUT2D eigenvalue weighted by molar-refractivity contribution is -0.138. The maximum absolute atomic E-state index is 14.7. The van der Waals surface area contributed by atoms with Crippen LogP contribution in [0.25, 0.3) is 11.1 Å². The molecule has 1 saturated carbocycles. The Morgan fingerprint density at radius 2 is 1.74 bits per heavy atom. The van der Waals surface area contributed by atoms with Crippen molar-refractivity contribution in [1.82, 2.24) is 9.88 Å². The smallest absolute Gasteiger partial charge is 0.225 e. The standard InChI is InChI=1S/C32H36N2O3S/c1-22-5-9-24(10-6-22)31(35)34-19-17-32(38(36,37)28-13-7-23(2)8-14-28)29-15-11-25(27-4-3-18-33-21-27)20-26(29)12-16-30(32)34/h3-4,7-8,11,13-15,18,20-22,24,30H,5-6,9-10,12,16-17,19H2,1-2H3. The fourth-order valence-corrected chi connectivity index (χ4v) is 9.54. The first-order valence-electron chi connectivity index (χ1n) is 14.0. The molecule has 0 radical (unpaired) electrons. The number of aromatic nitrogens is 1. The summed E-state index contributed by atoms with van der Waals surface area (Å²) in [6.07, 6.45) is 9.40. The molecule has 6 heteroatoms. The lowest BCUT2D eigenvalue weighted by Gasteiger charge is -2.43. The zero-order valence-corrected chi connectivity index (χ0v) is 23.1. The van der Waals surface area contributed by atoms with Crippen molar-refractivity contribution in [3.05, 3.63) is 83.7 Å². The molecule has 1 amide bonds. The van der Waals surface area contributed by atoms with E-state index in [9.17, 15) is 13.2 Å². The van der Waals surface area contributed by atoms with E-state index in [4.69, 9.17) is 0 Å². The summed E-state index contributed by atoms with van der Waals surface area (Å²) in [5, 5.41) is 0. The molecule has 0 bridgehead atoms. The van der Waals surface area contributed by atoms with E-state index in [1.807, 2.05) is 54.4 Å². The summed E-state index contributed by atoms with van der Waals surface area (Å²) in [4.78, 5) is 20.5. The third kappa shape index (κ3) is 4.00. The predicted molar refractivity (Wildman–Crippen MR) is 149 cm³/mol. The number of aryl methyl sites for hydroxylation is 2. The highest BCUT2D eigenvalue weighted by molar-refractivity contribution is 7.92. The number of carbonyl (C=O) groups excluding carboxylic acids is 1. The van der Waals surface area contributed by atoms with Gasteiger partial charge >= 0.3 is 0 Å². The molecule has 1 saturated heterocycles. The molecule has 1 aliphatic heterocycles. The van der Waals surface area contributed by atoms with Crippen molar-refractivity contribution in [3.63, 3.8) is 0 Å². The van der Waals surface area contributed by atoms with Crippen LogP contribution in [-0.4, -0.2) is 36.8 Å². The molecule has 38 heavy (non-hydrogen) atoms. The van der Waals surface area contributed by atoms with Gasteiger partial charge in [-0.05, 0) is 98.2 Å². The second-order valence-electron chi connectivity index (χ2n) is 11.6. The van der Waals surface area contributed by atoms with Crippen molar-refractivity contribution in [3.8, 4) is 11.1 Å². The number of pyridine rings is 1. The third-order valence-electron chi connectivity index (χ3n) is 9.34. The minimum Gasteiger partial charge on any atom is -0.337 e. The number of fused-ring (bicyclic) bond motifs is 3. The van der Waals surface area contributed by atoms with Gasteiger partial charge in [-0.2, -0.15) is 0 Å². The van der Waals surface area contributed by atoms with E-state index in [2.05, 4.69) is 18.0 Å². The van der Waals surface area contributed by atoms with E-state index < -0.39 is 14.6 Å². The first-order chi connectivity index (χ1) is 18.3. The van der Waals surface area contributed by atoms with Gasteiger partial charge in [-0.3, -0.25) is 9.78 Å². The lowest BCUT2D eigenvalue weighted by Crippen LogP contribution is -2.53. The first kappa shape index (κ1) is 25.3. The highest BCUT2D eigenvalue weighted by Crippen LogP contribution is 2.53. The molecule has 0 spiro atoms. The molecule has 5 nitrogen and oxygen atoms in total. The van der Waals surface area contributed by atoms with Gasteiger partial charge in [0.25, 0.3) is 0 Å². The normalized spacial score (nSPS) is 27.0. The van der Waals surface area contributed by atoms with Gasteiger partial charge in [0.2, 0.25) is 5.91 Å². The monoisotopic (exact) mass is 528 g/mol. The Morgan fingerprint density at radius 3 is 2.45 bits per heavy atom. The highest BCUT2D eigenvalue weighted by Gasteiger charge is 2.61. The van der Waals surface area contributed by atoms with Crippen molar-refractivity contribution in [2.24, 2.45) is 11.8 Å². The van der Waals surface area contributed by atoms with Gasteiger partial charge in [0, 0.05) is 24.9 Å². The predicted octanol–water partition coefficient (Wildman–Crippen LogP) is 6.10. The van der Waals surface area contributed by atoms with Crippen LogP contribution in [0.15, 0.2) is 71.9 Å². The van der Waals surface area contributed by atoms with Crippen LogP contribution in [0.2, 0.25) is 0 Å². The van der Waals surface area contributed by atoms with Gasteiger partial charge < -0.3 is 4.90 Å². The van der Waals surface area contributed by atoms with Gasteiger partial charge in [0.1, 0.15) is 4.75 Å². The number of rotatable bonds is 4. The summed E-state index contributed by atoms with van der Waals surface area (Å²) in [5.41, 5.74) is 5.02. The number of amides is 1. The summed E-state index contributed by atoms with van der Waals surface area (Å²) in [5.74, 6) is 0.839. The van der Waals surface area contributed by atoms with Crippen molar-refractivity contribution in [2.75, 3.05) is 6.54 Å². The molecule has 2 heterocycles. The van der Waals surface area contributed by atoms with Crippen LogP contribution in [0, 0.1) is 18.8 Å². The molecule has 2 aliphatic carbocycles. The Bertz CT molecular complexity index is 1440. The molecule has 2 atom stereocenters.